The molecule has 0 amide bonds. The predicted octanol–water partition coefficient (Wildman–Crippen LogP) is 3.15. The van der Waals surface area contributed by atoms with Crippen LogP contribution in [-0.2, 0) is 22.9 Å². The largest absolute Gasteiger partial charge is 0.307 e. The number of hydrogen-bond donors (Lipinski definition) is 1. The Balaban J connectivity index is 1.87. The lowest BCUT2D eigenvalue weighted by Gasteiger charge is -2.23. The summed E-state index contributed by atoms with van der Waals surface area (Å²) in [6.45, 7) is 0.605. The third kappa shape index (κ3) is 4.48. The molecule has 0 fully saturated rings. The Labute approximate surface area is 150 Å². The van der Waals surface area contributed by atoms with E-state index in [1.165, 1.54) is 17.5 Å². The third-order valence-corrected chi connectivity index (χ3v) is 6.15. The van der Waals surface area contributed by atoms with Crippen molar-refractivity contribution >= 4 is 10.0 Å². The first-order valence-corrected chi connectivity index (χ1v) is 10.3. The first-order valence-electron chi connectivity index (χ1n) is 8.79. The molecule has 134 valence electrons. The van der Waals surface area contributed by atoms with Gasteiger partial charge in [0, 0.05) is 6.54 Å². The Bertz CT molecular complexity index is 817. The van der Waals surface area contributed by atoms with Crippen LogP contribution in [0.15, 0.2) is 53.4 Å². The molecule has 2 aromatic carbocycles. The summed E-state index contributed by atoms with van der Waals surface area (Å²) in [4.78, 5) is 2.36. The van der Waals surface area contributed by atoms with Gasteiger partial charge in [-0.05, 0) is 68.6 Å². The summed E-state index contributed by atoms with van der Waals surface area (Å²) in [5.74, 6) is 0. The van der Waals surface area contributed by atoms with Crippen molar-refractivity contribution in [1.82, 2.24) is 9.62 Å². The minimum Gasteiger partial charge on any atom is -0.307 e. The summed E-state index contributed by atoms with van der Waals surface area (Å²) < 4.78 is 28.8. The fraction of sp³-hybridized carbons (Fsp3) is 0.400. The van der Waals surface area contributed by atoms with Crippen LogP contribution < -0.4 is 4.72 Å². The minimum absolute atomic E-state index is 0.280. The average Bonchev–Trinajstić information content (AvgIpc) is 2.61. The van der Waals surface area contributed by atoms with Crippen molar-refractivity contribution < 1.29 is 8.42 Å². The van der Waals surface area contributed by atoms with Crippen LogP contribution in [0.2, 0.25) is 0 Å². The maximum Gasteiger partial charge on any atom is 0.241 e. The molecule has 1 aliphatic carbocycles. The average molecular weight is 359 g/mol. The van der Waals surface area contributed by atoms with Crippen LogP contribution in [0.25, 0.3) is 0 Å². The van der Waals surface area contributed by atoms with E-state index in [1.54, 1.807) is 6.07 Å². The molecule has 0 heterocycles. The Morgan fingerprint density at radius 2 is 1.68 bits per heavy atom. The molecule has 1 atom stereocenters. The van der Waals surface area contributed by atoms with Crippen molar-refractivity contribution in [2.75, 3.05) is 20.6 Å². The van der Waals surface area contributed by atoms with Gasteiger partial charge in [0.1, 0.15) is 0 Å². The van der Waals surface area contributed by atoms with Gasteiger partial charge in [-0.25, -0.2) is 13.1 Å². The first-order chi connectivity index (χ1) is 12.0. The van der Waals surface area contributed by atoms with E-state index in [1.807, 2.05) is 61.5 Å². The van der Waals surface area contributed by atoms with Crippen molar-refractivity contribution in [3.63, 3.8) is 0 Å². The lowest BCUT2D eigenvalue weighted by atomic mass is 9.92. The summed E-state index contributed by atoms with van der Waals surface area (Å²) in [6.07, 6.45) is 4.35. The monoisotopic (exact) mass is 358 g/mol. The number of sulfonamides is 1. The third-order valence-electron chi connectivity index (χ3n) is 4.68. The quantitative estimate of drug-likeness (QED) is 0.863. The number of nitrogens with zero attached hydrogens (tertiary/aromatic N) is 1. The molecule has 3 rings (SSSR count). The highest BCUT2D eigenvalue weighted by Crippen LogP contribution is 2.25. The number of likely N-dealkylation sites (N-methyl/N-ethyl adjacent to an activating group) is 1. The molecule has 0 saturated heterocycles. The molecule has 1 N–H and O–H groups in total. The second kappa shape index (κ2) is 7.68. The van der Waals surface area contributed by atoms with Gasteiger partial charge in [-0.1, -0.05) is 36.4 Å². The lowest BCUT2D eigenvalue weighted by Crippen LogP contribution is -2.35. The molecule has 5 heteroatoms. The maximum atomic E-state index is 13.0. The number of nitrogens with one attached hydrogen (secondary N) is 1. The summed E-state index contributed by atoms with van der Waals surface area (Å²) in [6, 6.07) is 15.0. The van der Waals surface area contributed by atoms with Crippen LogP contribution >= 0.6 is 0 Å². The number of aryl methyl sites for hydroxylation is 2. The topological polar surface area (TPSA) is 49.4 Å². The predicted molar refractivity (Wildman–Crippen MR) is 101 cm³/mol. The Hall–Kier alpha value is -1.69. The normalized spacial score (nSPS) is 15.8. The second-order valence-corrected chi connectivity index (χ2v) is 8.70. The zero-order valence-corrected chi connectivity index (χ0v) is 15.7. The van der Waals surface area contributed by atoms with Gasteiger partial charge in [-0.15, -0.1) is 0 Å². The highest BCUT2D eigenvalue weighted by Gasteiger charge is 2.23. The van der Waals surface area contributed by atoms with Crippen LogP contribution in [0.1, 0.15) is 35.6 Å². The highest BCUT2D eigenvalue weighted by molar-refractivity contribution is 7.89. The molecule has 1 aliphatic rings. The molecule has 25 heavy (non-hydrogen) atoms. The fourth-order valence-electron chi connectivity index (χ4n) is 3.39. The van der Waals surface area contributed by atoms with E-state index >= 15 is 0 Å². The van der Waals surface area contributed by atoms with Crippen molar-refractivity contribution in [2.45, 2.75) is 36.6 Å². The van der Waals surface area contributed by atoms with Crippen LogP contribution in [0.3, 0.4) is 0 Å². The maximum absolute atomic E-state index is 13.0. The molecule has 0 bridgehead atoms. The molecule has 0 saturated carbocycles. The van der Waals surface area contributed by atoms with Crippen LogP contribution in [0.5, 0.6) is 0 Å². The molecule has 4 nitrogen and oxygen atoms in total. The first kappa shape index (κ1) is 18.1. The zero-order valence-electron chi connectivity index (χ0n) is 14.9. The van der Waals surface area contributed by atoms with E-state index in [9.17, 15) is 8.42 Å². The molecule has 0 unspecified atom stereocenters. The van der Waals surface area contributed by atoms with E-state index in [0.29, 0.717) is 11.4 Å². The van der Waals surface area contributed by atoms with Gasteiger partial charge >= 0.3 is 0 Å². The number of hydrogen-bond acceptors (Lipinski definition) is 3. The zero-order chi connectivity index (χ0) is 17.9. The van der Waals surface area contributed by atoms with Gasteiger partial charge in [-0.2, -0.15) is 0 Å². The minimum atomic E-state index is -3.56. The van der Waals surface area contributed by atoms with Gasteiger partial charge in [-0.3, -0.25) is 0 Å². The van der Waals surface area contributed by atoms with Gasteiger partial charge in [0.25, 0.3) is 0 Å². The number of rotatable bonds is 6. The van der Waals surface area contributed by atoms with Gasteiger partial charge in [0.2, 0.25) is 10.0 Å². The molecule has 2 aromatic rings. The Kier molecular flexibility index (Phi) is 5.57. The van der Waals surface area contributed by atoms with Crippen LogP contribution in [0.4, 0.5) is 0 Å². The molecule has 0 aliphatic heterocycles. The van der Waals surface area contributed by atoms with E-state index in [-0.39, 0.29) is 6.04 Å². The van der Waals surface area contributed by atoms with Crippen molar-refractivity contribution in [1.29, 1.82) is 0 Å². The lowest BCUT2D eigenvalue weighted by molar-refractivity contribution is 0.363. The Morgan fingerprint density at radius 3 is 2.36 bits per heavy atom. The molecular weight excluding hydrogens is 332 g/mol. The SMILES string of the molecule is CN(C)C[C@H](NS(=O)(=O)c1ccc2c(c1)CCCC2)c1ccccc1. The molecule has 0 aromatic heterocycles. The van der Waals surface area contributed by atoms with E-state index in [0.717, 1.165) is 24.8 Å². The Morgan fingerprint density at radius 1 is 1.00 bits per heavy atom. The summed E-state index contributed by atoms with van der Waals surface area (Å²) >= 11 is 0. The highest BCUT2D eigenvalue weighted by atomic mass is 32.2. The summed E-state index contributed by atoms with van der Waals surface area (Å²) in [5.41, 5.74) is 3.44. The van der Waals surface area contributed by atoms with Crippen LogP contribution in [0, 0.1) is 0 Å². The smallest absolute Gasteiger partial charge is 0.241 e. The van der Waals surface area contributed by atoms with Crippen molar-refractivity contribution in [2.24, 2.45) is 0 Å². The van der Waals surface area contributed by atoms with Gasteiger partial charge in [0.05, 0.1) is 10.9 Å². The number of fused-ring (bicyclic) bond motifs is 1. The number of benzene rings is 2. The van der Waals surface area contributed by atoms with E-state index in [4.69, 9.17) is 0 Å². The van der Waals surface area contributed by atoms with Gasteiger partial charge in [0.15, 0.2) is 0 Å². The van der Waals surface area contributed by atoms with Crippen molar-refractivity contribution in [3.8, 4) is 0 Å². The molecule has 0 radical (unpaired) electrons. The van der Waals surface area contributed by atoms with E-state index < -0.39 is 10.0 Å². The fourth-order valence-corrected chi connectivity index (χ4v) is 4.66. The summed E-state index contributed by atoms with van der Waals surface area (Å²) in [7, 11) is 0.332. The van der Waals surface area contributed by atoms with E-state index in [2.05, 4.69) is 4.72 Å². The van der Waals surface area contributed by atoms with Gasteiger partial charge < -0.3 is 4.90 Å². The van der Waals surface area contributed by atoms with Crippen LogP contribution in [-0.4, -0.2) is 34.0 Å². The molecular formula is C20H26N2O2S. The molecule has 0 spiro atoms. The summed E-state index contributed by atoms with van der Waals surface area (Å²) in [5, 5.41) is 0. The standard InChI is InChI=1S/C20H26N2O2S/c1-22(2)15-20(17-9-4-3-5-10-17)21-25(23,24)19-13-12-16-8-6-7-11-18(16)14-19/h3-5,9-10,12-14,20-21H,6-8,11,15H2,1-2H3/t20-/m0/s1. The second-order valence-electron chi connectivity index (χ2n) is 6.98. The van der Waals surface area contributed by atoms with Crippen molar-refractivity contribution in [3.05, 3.63) is 65.2 Å².